The number of pyridine rings is 1. The summed E-state index contributed by atoms with van der Waals surface area (Å²) in [6.07, 6.45) is 3.49. The zero-order valence-electron chi connectivity index (χ0n) is 14.7. The molecule has 4 rings (SSSR count). The van der Waals surface area contributed by atoms with Gasteiger partial charge in [-0.15, -0.1) is 0 Å². The van der Waals surface area contributed by atoms with Gasteiger partial charge in [-0.2, -0.15) is 0 Å². The second kappa shape index (κ2) is 6.80. The molecule has 26 heavy (non-hydrogen) atoms. The van der Waals surface area contributed by atoms with Crippen molar-refractivity contribution < 1.29 is 4.42 Å². The molecule has 6 heteroatoms. The standard InChI is InChI=1S/C20H20N4OS/c1-23(2)14-8-10-15(11-9-14)24-19(17-7-5-13-25-17)18(22-20(24)26)16-6-3-4-12-21-16/h3-13,18-19H,1-2H3,(H,22,26)/t18-,19-/m1/s1. The van der Waals surface area contributed by atoms with E-state index in [-0.39, 0.29) is 12.1 Å². The van der Waals surface area contributed by atoms with E-state index in [1.165, 1.54) is 0 Å². The van der Waals surface area contributed by atoms with Crippen LogP contribution in [0.2, 0.25) is 0 Å². The van der Waals surface area contributed by atoms with Gasteiger partial charge in [0.2, 0.25) is 0 Å². The number of thiocarbonyl (C=S) groups is 1. The van der Waals surface area contributed by atoms with Crippen LogP contribution < -0.4 is 15.1 Å². The first kappa shape index (κ1) is 16.6. The van der Waals surface area contributed by atoms with Crippen molar-refractivity contribution in [3.8, 4) is 0 Å². The molecule has 1 N–H and O–H groups in total. The number of benzene rings is 1. The van der Waals surface area contributed by atoms with E-state index in [1.807, 2.05) is 44.4 Å². The highest BCUT2D eigenvalue weighted by Gasteiger charge is 2.42. The molecule has 1 aromatic carbocycles. The van der Waals surface area contributed by atoms with Crippen LogP contribution in [0, 0.1) is 0 Å². The Balaban J connectivity index is 1.76. The van der Waals surface area contributed by atoms with Crippen molar-refractivity contribution in [3.05, 3.63) is 78.5 Å². The van der Waals surface area contributed by atoms with Crippen LogP contribution in [-0.2, 0) is 0 Å². The number of hydrogen-bond donors (Lipinski definition) is 1. The van der Waals surface area contributed by atoms with Gasteiger partial charge in [-0.25, -0.2) is 0 Å². The molecule has 132 valence electrons. The number of anilines is 2. The molecular formula is C20H20N4OS. The Kier molecular flexibility index (Phi) is 4.34. The van der Waals surface area contributed by atoms with E-state index < -0.39 is 0 Å². The Morgan fingerprint density at radius 3 is 2.50 bits per heavy atom. The van der Waals surface area contributed by atoms with Gasteiger partial charge in [0.25, 0.3) is 0 Å². The molecule has 3 heterocycles. The van der Waals surface area contributed by atoms with Gasteiger partial charge in [-0.1, -0.05) is 6.07 Å². The van der Waals surface area contributed by atoms with Gasteiger partial charge in [0, 0.05) is 31.7 Å². The number of aromatic nitrogens is 1. The summed E-state index contributed by atoms with van der Waals surface area (Å²) in [7, 11) is 4.06. The third kappa shape index (κ3) is 2.93. The average molecular weight is 364 g/mol. The Morgan fingerprint density at radius 2 is 1.88 bits per heavy atom. The van der Waals surface area contributed by atoms with Crippen LogP contribution in [0.3, 0.4) is 0 Å². The normalized spacial score (nSPS) is 19.5. The maximum Gasteiger partial charge on any atom is 0.174 e. The van der Waals surface area contributed by atoms with Crippen molar-refractivity contribution in [3.63, 3.8) is 0 Å². The highest BCUT2D eigenvalue weighted by Crippen LogP contribution is 2.41. The number of nitrogens with one attached hydrogen (secondary N) is 1. The molecule has 0 bridgehead atoms. The molecular weight excluding hydrogens is 344 g/mol. The predicted molar refractivity (Wildman–Crippen MR) is 107 cm³/mol. The third-order valence-corrected chi connectivity index (χ3v) is 4.89. The van der Waals surface area contributed by atoms with Crippen molar-refractivity contribution >= 4 is 28.7 Å². The van der Waals surface area contributed by atoms with Crippen LogP contribution in [0.1, 0.15) is 23.5 Å². The van der Waals surface area contributed by atoms with E-state index in [9.17, 15) is 0 Å². The van der Waals surface area contributed by atoms with Gasteiger partial charge in [-0.05, 0) is 60.7 Å². The number of hydrogen-bond acceptors (Lipinski definition) is 4. The molecule has 2 atom stereocenters. The van der Waals surface area contributed by atoms with Gasteiger partial charge in [-0.3, -0.25) is 4.98 Å². The van der Waals surface area contributed by atoms with E-state index in [0.29, 0.717) is 5.11 Å². The smallest absolute Gasteiger partial charge is 0.174 e. The highest BCUT2D eigenvalue weighted by molar-refractivity contribution is 7.80. The maximum atomic E-state index is 5.75. The first-order valence-corrected chi connectivity index (χ1v) is 8.87. The SMILES string of the molecule is CN(C)c1ccc(N2C(=S)N[C@H](c3ccccn3)[C@H]2c2ccco2)cc1. The molecule has 2 aromatic heterocycles. The minimum atomic E-state index is -0.0994. The Morgan fingerprint density at radius 1 is 1.08 bits per heavy atom. The fourth-order valence-corrected chi connectivity index (χ4v) is 3.64. The molecule has 0 radical (unpaired) electrons. The summed E-state index contributed by atoms with van der Waals surface area (Å²) in [5, 5.41) is 4.09. The van der Waals surface area contributed by atoms with Gasteiger partial charge in [0.05, 0.1) is 18.0 Å². The molecule has 0 amide bonds. The zero-order chi connectivity index (χ0) is 18.1. The van der Waals surface area contributed by atoms with E-state index in [1.54, 1.807) is 12.5 Å². The lowest BCUT2D eigenvalue weighted by Gasteiger charge is -2.26. The highest BCUT2D eigenvalue weighted by atomic mass is 32.1. The van der Waals surface area contributed by atoms with E-state index >= 15 is 0 Å². The molecule has 0 aliphatic carbocycles. The van der Waals surface area contributed by atoms with Crippen molar-refractivity contribution in [1.29, 1.82) is 0 Å². The van der Waals surface area contributed by atoms with Crippen LogP contribution in [0.15, 0.2) is 71.5 Å². The Hall–Kier alpha value is -2.86. The molecule has 0 saturated carbocycles. The number of furan rings is 1. The van der Waals surface area contributed by atoms with E-state index in [2.05, 4.69) is 44.4 Å². The monoisotopic (exact) mass is 364 g/mol. The van der Waals surface area contributed by atoms with Crippen LogP contribution in [0.25, 0.3) is 0 Å². The topological polar surface area (TPSA) is 44.5 Å². The summed E-state index contributed by atoms with van der Waals surface area (Å²) >= 11 is 5.67. The predicted octanol–water partition coefficient (Wildman–Crippen LogP) is 3.92. The summed E-state index contributed by atoms with van der Waals surface area (Å²) in [4.78, 5) is 8.70. The fraction of sp³-hybridized carbons (Fsp3) is 0.200. The van der Waals surface area contributed by atoms with Crippen LogP contribution in [0.4, 0.5) is 11.4 Å². The molecule has 0 unspecified atom stereocenters. The van der Waals surface area contributed by atoms with Gasteiger partial charge in [0.15, 0.2) is 5.11 Å². The quantitative estimate of drug-likeness (QED) is 0.708. The molecule has 0 spiro atoms. The Labute approximate surface area is 158 Å². The van der Waals surface area contributed by atoms with Crippen molar-refractivity contribution in [1.82, 2.24) is 10.3 Å². The van der Waals surface area contributed by atoms with Gasteiger partial charge in [0.1, 0.15) is 11.8 Å². The second-order valence-electron chi connectivity index (χ2n) is 6.42. The summed E-state index contributed by atoms with van der Waals surface area (Å²) in [6.45, 7) is 0. The minimum Gasteiger partial charge on any atom is -0.467 e. The van der Waals surface area contributed by atoms with E-state index in [4.69, 9.17) is 16.6 Å². The van der Waals surface area contributed by atoms with Crippen LogP contribution in [0.5, 0.6) is 0 Å². The largest absolute Gasteiger partial charge is 0.467 e. The maximum absolute atomic E-state index is 5.75. The lowest BCUT2D eigenvalue weighted by Crippen LogP contribution is -2.29. The molecule has 1 aliphatic rings. The first-order chi connectivity index (χ1) is 12.6. The van der Waals surface area contributed by atoms with E-state index in [0.717, 1.165) is 22.8 Å². The zero-order valence-corrected chi connectivity index (χ0v) is 15.5. The first-order valence-electron chi connectivity index (χ1n) is 8.46. The summed E-state index contributed by atoms with van der Waals surface area (Å²) < 4.78 is 5.75. The summed E-state index contributed by atoms with van der Waals surface area (Å²) in [5.41, 5.74) is 3.10. The third-order valence-electron chi connectivity index (χ3n) is 4.58. The second-order valence-corrected chi connectivity index (χ2v) is 6.81. The van der Waals surface area contributed by atoms with Gasteiger partial charge >= 0.3 is 0 Å². The Bertz CT molecular complexity index is 878. The molecule has 1 saturated heterocycles. The van der Waals surface area contributed by atoms with Gasteiger partial charge < -0.3 is 19.5 Å². The molecule has 3 aromatic rings. The molecule has 1 aliphatic heterocycles. The summed E-state index contributed by atoms with van der Waals surface area (Å²) in [5.74, 6) is 0.852. The lowest BCUT2D eigenvalue weighted by molar-refractivity contribution is 0.432. The van der Waals surface area contributed by atoms with Crippen molar-refractivity contribution in [2.75, 3.05) is 23.9 Å². The lowest BCUT2D eigenvalue weighted by atomic mass is 10.0. The number of nitrogens with zero attached hydrogens (tertiary/aromatic N) is 3. The van der Waals surface area contributed by atoms with Crippen molar-refractivity contribution in [2.24, 2.45) is 0 Å². The number of rotatable bonds is 4. The fourth-order valence-electron chi connectivity index (χ4n) is 3.29. The minimum absolute atomic E-state index is 0.0802. The van der Waals surface area contributed by atoms with Crippen molar-refractivity contribution in [2.45, 2.75) is 12.1 Å². The average Bonchev–Trinajstić information content (AvgIpc) is 3.30. The molecule has 1 fully saturated rings. The summed E-state index contributed by atoms with van der Waals surface area (Å²) in [6, 6.07) is 18.0. The van der Waals surface area contributed by atoms with Crippen LogP contribution in [-0.4, -0.2) is 24.2 Å². The molecule has 5 nitrogen and oxygen atoms in total. The van der Waals surface area contributed by atoms with Crippen LogP contribution >= 0.6 is 12.2 Å².